The third-order valence-corrected chi connectivity index (χ3v) is 4.27. The molecular weight excluding hydrogens is 376 g/mol. The van der Waals surface area contributed by atoms with Crippen LogP contribution >= 0.6 is 11.8 Å². The summed E-state index contributed by atoms with van der Waals surface area (Å²) < 4.78 is 0. The fourth-order valence-electron chi connectivity index (χ4n) is 2.03. The van der Waals surface area contributed by atoms with Crippen LogP contribution in [0, 0.1) is 20.2 Å². The number of hydrogen-bond donors (Lipinski definition) is 2. The number of nitrogens with one attached hydrogen (secondary N) is 1. The summed E-state index contributed by atoms with van der Waals surface area (Å²) in [6, 6.07) is 9.55. The van der Waals surface area contributed by atoms with Crippen LogP contribution < -0.4 is 5.43 Å². The molecule has 2 aromatic rings. The van der Waals surface area contributed by atoms with Gasteiger partial charge in [-0.05, 0) is 12.1 Å². The molecule has 0 saturated carbocycles. The number of non-ortho nitro benzene ring substituents is 1. The maximum atomic E-state index is 12.0. The zero-order chi connectivity index (χ0) is 19.8. The number of aliphatic hydroxyl groups excluding tert-OH is 1. The van der Waals surface area contributed by atoms with Gasteiger partial charge in [0.2, 0.25) is 0 Å². The first-order valence-electron chi connectivity index (χ1n) is 7.52. The van der Waals surface area contributed by atoms with Crippen molar-refractivity contribution in [2.45, 2.75) is 4.90 Å². The molecule has 27 heavy (non-hydrogen) atoms. The van der Waals surface area contributed by atoms with Crippen LogP contribution in [-0.2, 0) is 0 Å². The van der Waals surface area contributed by atoms with Crippen molar-refractivity contribution < 1.29 is 19.7 Å². The maximum Gasteiger partial charge on any atom is 0.283 e. The molecule has 0 fully saturated rings. The van der Waals surface area contributed by atoms with Crippen LogP contribution in [-0.4, -0.2) is 39.4 Å². The fourth-order valence-corrected chi connectivity index (χ4v) is 2.78. The van der Waals surface area contributed by atoms with Crippen LogP contribution in [0.2, 0.25) is 0 Å². The van der Waals surface area contributed by atoms with E-state index in [0.29, 0.717) is 16.2 Å². The number of aliphatic hydroxyl groups is 1. The minimum atomic E-state index is -0.653. The predicted molar refractivity (Wildman–Crippen MR) is 99.1 cm³/mol. The Kier molecular flexibility index (Phi) is 6.97. The Bertz CT molecular complexity index is 902. The lowest BCUT2D eigenvalue weighted by molar-refractivity contribution is -0.387. The number of nitro benzene ring substituents is 2. The molecule has 0 atom stereocenters. The molecule has 0 aliphatic carbocycles. The largest absolute Gasteiger partial charge is 0.396 e. The number of nitro groups is 2. The van der Waals surface area contributed by atoms with E-state index in [0.717, 1.165) is 17.8 Å². The number of amides is 1. The minimum Gasteiger partial charge on any atom is -0.396 e. The number of benzene rings is 2. The first kappa shape index (κ1) is 20.0. The van der Waals surface area contributed by atoms with Crippen molar-refractivity contribution in [2.24, 2.45) is 5.10 Å². The van der Waals surface area contributed by atoms with E-state index >= 15 is 0 Å². The maximum absolute atomic E-state index is 12.0. The van der Waals surface area contributed by atoms with E-state index in [1.165, 1.54) is 36.5 Å². The van der Waals surface area contributed by atoms with E-state index in [1.807, 2.05) is 0 Å². The lowest BCUT2D eigenvalue weighted by atomic mass is 10.2. The van der Waals surface area contributed by atoms with Gasteiger partial charge in [-0.2, -0.15) is 5.10 Å². The van der Waals surface area contributed by atoms with Gasteiger partial charge in [0, 0.05) is 35.1 Å². The van der Waals surface area contributed by atoms with E-state index in [9.17, 15) is 25.0 Å². The van der Waals surface area contributed by atoms with Gasteiger partial charge in [0.25, 0.3) is 17.3 Å². The Morgan fingerprint density at radius 3 is 2.63 bits per heavy atom. The second kappa shape index (κ2) is 9.40. The predicted octanol–water partition coefficient (Wildman–Crippen LogP) is 2.35. The molecule has 11 heteroatoms. The average molecular weight is 390 g/mol. The van der Waals surface area contributed by atoms with E-state index in [-0.39, 0.29) is 23.5 Å². The van der Waals surface area contributed by atoms with Gasteiger partial charge in [0.05, 0.1) is 27.6 Å². The van der Waals surface area contributed by atoms with Crippen molar-refractivity contribution in [3.05, 3.63) is 73.8 Å². The van der Waals surface area contributed by atoms with E-state index in [4.69, 9.17) is 5.11 Å². The van der Waals surface area contributed by atoms with E-state index in [2.05, 4.69) is 10.5 Å². The van der Waals surface area contributed by atoms with Gasteiger partial charge in [-0.1, -0.05) is 12.1 Å². The van der Waals surface area contributed by atoms with Gasteiger partial charge < -0.3 is 5.11 Å². The van der Waals surface area contributed by atoms with Crippen LogP contribution in [0.1, 0.15) is 15.9 Å². The highest BCUT2D eigenvalue weighted by molar-refractivity contribution is 7.99. The first-order valence-corrected chi connectivity index (χ1v) is 8.51. The number of hydrogen-bond acceptors (Lipinski definition) is 8. The molecule has 2 rings (SSSR count). The smallest absolute Gasteiger partial charge is 0.283 e. The van der Waals surface area contributed by atoms with Crippen LogP contribution in [0.15, 0.2) is 52.5 Å². The summed E-state index contributed by atoms with van der Waals surface area (Å²) in [5, 5.41) is 34.4. The molecule has 0 aliphatic heterocycles. The zero-order valence-corrected chi connectivity index (χ0v) is 14.6. The summed E-state index contributed by atoms with van der Waals surface area (Å²) in [5.74, 6) is -0.326. The Hall–Kier alpha value is -3.31. The molecule has 0 saturated heterocycles. The quantitative estimate of drug-likeness (QED) is 0.304. The SMILES string of the molecule is O=C(N/N=C/c1ccc(SCCO)c([N+](=O)[O-])c1)c1cccc([N+](=O)[O-])c1. The molecule has 10 nitrogen and oxygen atoms in total. The molecular formula is C16H14N4O6S. The van der Waals surface area contributed by atoms with Gasteiger partial charge in [-0.15, -0.1) is 11.8 Å². The molecule has 0 aliphatic rings. The van der Waals surface area contributed by atoms with Crippen LogP contribution in [0.4, 0.5) is 11.4 Å². The second-order valence-electron chi connectivity index (χ2n) is 5.06. The Morgan fingerprint density at radius 2 is 1.96 bits per heavy atom. The normalized spacial score (nSPS) is 10.7. The summed E-state index contributed by atoms with van der Waals surface area (Å²) in [6.07, 6.45) is 1.22. The van der Waals surface area contributed by atoms with Crippen molar-refractivity contribution in [1.82, 2.24) is 5.43 Å². The van der Waals surface area contributed by atoms with Gasteiger partial charge in [0.15, 0.2) is 0 Å². The van der Waals surface area contributed by atoms with Crippen molar-refractivity contribution in [3.63, 3.8) is 0 Å². The highest BCUT2D eigenvalue weighted by Crippen LogP contribution is 2.29. The molecule has 2 N–H and O–H groups in total. The summed E-state index contributed by atoms with van der Waals surface area (Å²) in [5.41, 5.74) is 2.29. The number of thioether (sulfide) groups is 1. The van der Waals surface area contributed by atoms with Crippen molar-refractivity contribution >= 4 is 35.3 Å². The Balaban J connectivity index is 2.10. The minimum absolute atomic E-state index is 0.0584. The molecule has 140 valence electrons. The number of rotatable bonds is 8. The molecule has 2 aromatic carbocycles. The molecule has 0 heterocycles. The molecule has 0 aromatic heterocycles. The fraction of sp³-hybridized carbons (Fsp3) is 0.125. The highest BCUT2D eigenvalue weighted by atomic mass is 32.2. The summed E-state index contributed by atoms with van der Waals surface area (Å²) in [6.45, 7) is -0.102. The summed E-state index contributed by atoms with van der Waals surface area (Å²) in [4.78, 5) is 33.1. The van der Waals surface area contributed by atoms with E-state index in [1.54, 1.807) is 6.07 Å². The van der Waals surface area contributed by atoms with Crippen LogP contribution in [0.5, 0.6) is 0 Å². The van der Waals surface area contributed by atoms with Crippen LogP contribution in [0.3, 0.4) is 0 Å². The standard InChI is InChI=1S/C16H14N4O6S/c21-6-7-27-15-5-4-11(8-14(15)20(25)26)10-17-18-16(22)12-2-1-3-13(9-12)19(23)24/h1-5,8-10,21H,6-7H2,(H,18,22)/b17-10+. The van der Waals surface area contributed by atoms with E-state index < -0.39 is 15.8 Å². The third-order valence-electron chi connectivity index (χ3n) is 3.23. The zero-order valence-electron chi connectivity index (χ0n) is 13.8. The molecule has 1 amide bonds. The molecule has 0 bridgehead atoms. The summed E-state index contributed by atoms with van der Waals surface area (Å²) >= 11 is 1.15. The first-order chi connectivity index (χ1) is 12.9. The molecule has 0 radical (unpaired) electrons. The molecule has 0 unspecified atom stereocenters. The lowest BCUT2D eigenvalue weighted by Gasteiger charge is -2.03. The van der Waals surface area contributed by atoms with Gasteiger partial charge in [-0.25, -0.2) is 5.43 Å². The highest BCUT2D eigenvalue weighted by Gasteiger charge is 2.14. The van der Waals surface area contributed by atoms with Gasteiger partial charge in [0.1, 0.15) is 0 Å². The third kappa shape index (κ3) is 5.59. The average Bonchev–Trinajstić information content (AvgIpc) is 2.66. The van der Waals surface area contributed by atoms with Crippen molar-refractivity contribution in [3.8, 4) is 0 Å². The van der Waals surface area contributed by atoms with Gasteiger partial charge in [-0.3, -0.25) is 25.0 Å². The number of nitrogens with zero attached hydrogens (tertiary/aromatic N) is 3. The molecule has 0 spiro atoms. The Labute approximate surface area is 157 Å². The monoisotopic (exact) mass is 390 g/mol. The van der Waals surface area contributed by atoms with Gasteiger partial charge >= 0.3 is 0 Å². The summed E-state index contributed by atoms with van der Waals surface area (Å²) in [7, 11) is 0. The number of carbonyl (C=O) groups is 1. The number of hydrazone groups is 1. The second-order valence-corrected chi connectivity index (χ2v) is 6.20. The van der Waals surface area contributed by atoms with Crippen molar-refractivity contribution in [1.29, 1.82) is 0 Å². The number of carbonyl (C=O) groups excluding carboxylic acids is 1. The topological polar surface area (TPSA) is 148 Å². The Morgan fingerprint density at radius 1 is 1.19 bits per heavy atom. The lowest BCUT2D eigenvalue weighted by Crippen LogP contribution is -2.17. The van der Waals surface area contributed by atoms with Crippen LogP contribution in [0.25, 0.3) is 0 Å². The van der Waals surface area contributed by atoms with Crippen molar-refractivity contribution in [2.75, 3.05) is 12.4 Å².